The van der Waals surface area contributed by atoms with Gasteiger partial charge < -0.3 is 5.11 Å². The first-order chi connectivity index (χ1) is 8.58. The molecule has 18 heavy (non-hydrogen) atoms. The number of hydrogen-bond donors (Lipinski definition) is 1. The number of thioether (sulfide) groups is 1. The summed E-state index contributed by atoms with van der Waals surface area (Å²) in [6, 6.07) is 4.91. The predicted molar refractivity (Wildman–Crippen MR) is 71.2 cm³/mol. The summed E-state index contributed by atoms with van der Waals surface area (Å²) >= 11 is 8.28. The number of aromatic carboxylic acids is 1. The molecule has 0 radical (unpaired) electrons. The Morgan fingerprint density at radius 2 is 2.22 bits per heavy atom. The zero-order chi connectivity index (χ0) is 12.9. The van der Waals surface area contributed by atoms with Crippen molar-refractivity contribution in [2.45, 2.75) is 10.6 Å². The summed E-state index contributed by atoms with van der Waals surface area (Å²) in [6.45, 7) is 0. The highest BCUT2D eigenvalue weighted by molar-refractivity contribution is 7.98. The SMILES string of the molecule is O=C(O)c1cc2c(s1)-c1ccc(Cl)c(F)c1SC2. The molecule has 1 aliphatic heterocycles. The summed E-state index contributed by atoms with van der Waals surface area (Å²) in [6.07, 6.45) is 0. The van der Waals surface area contributed by atoms with Gasteiger partial charge in [0.05, 0.1) is 9.92 Å². The molecule has 1 aliphatic rings. The molecule has 0 unspecified atom stereocenters. The van der Waals surface area contributed by atoms with Crippen molar-refractivity contribution in [3.8, 4) is 10.4 Å². The van der Waals surface area contributed by atoms with E-state index in [0.29, 0.717) is 10.6 Å². The van der Waals surface area contributed by atoms with Gasteiger partial charge in [-0.1, -0.05) is 17.7 Å². The predicted octanol–water partition coefficient (Wildman–Crippen LogP) is 4.51. The van der Waals surface area contributed by atoms with Gasteiger partial charge in [0, 0.05) is 16.2 Å². The molecule has 1 aromatic carbocycles. The molecule has 1 N–H and O–H groups in total. The Labute approximate surface area is 115 Å². The van der Waals surface area contributed by atoms with Crippen LogP contribution in [0.2, 0.25) is 5.02 Å². The lowest BCUT2D eigenvalue weighted by Crippen LogP contribution is -1.95. The number of hydrogen-bond acceptors (Lipinski definition) is 3. The van der Waals surface area contributed by atoms with Crippen LogP contribution in [-0.4, -0.2) is 11.1 Å². The minimum atomic E-state index is -0.949. The van der Waals surface area contributed by atoms with Crippen molar-refractivity contribution in [2.75, 3.05) is 0 Å². The topological polar surface area (TPSA) is 37.3 Å². The van der Waals surface area contributed by atoms with Crippen LogP contribution in [0.1, 0.15) is 15.2 Å². The fourth-order valence-corrected chi connectivity index (χ4v) is 4.38. The van der Waals surface area contributed by atoms with Crippen LogP contribution in [0, 0.1) is 5.82 Å². The average Bonchev–Trinajstić information content (AvgIpc) is 2.77. The van der Waals surface area contributed by atoms with Gasteiger partial charge in [-0.25, -0.2) is 9.18 Å². The van der Waals surface area contributed by atoms with Crippen LogP contribution < -0.4 is 0 Å². The van der Waals surface area contributed by atoms with Crippen LogP contribution in [0.4, 0.5) is 4.39 Å². The van der Waals surface area contributed by atoms with Gasteiger partial charge in [-0.15, -0.1) is 23.1 Å². The van der Waals surface area contributed by atoms with E-state index in [-0.39, 0.29) is 9.90 Å². The van der Waals surface area contributed by atoms with E-state index in [1.165, 1.54) is 29.2 Å². The van der Waals surface area contributed by atoms with Gasteiger partial charge >= 0.3 is 5.97 Å². The Morgan fingerprint density at radius 3 is 2.94 bits per heavy atom. The number of benzene rings is 1. The van der Waals surface area contributed by atoms with Crippen molar-refractivity contribution in [3.05, 3.63) is 39.5 Å². The molecule has 0 saturated heterocycles. The minimum Gasteiger partial charge on any atom is -0.477 e. The molecule has 0 bridgehead atoms. The van der Waals surface area contributed by atoms with Gasteiger partial charge in [-0.3, -0.25) is 0 Å². The summed E-state index contributed by atoms with van der Waals surface area (Å²) in [5.74, 6) is -0.797. The Kier molecular flexibility index (Phi) is 2.84. The fraction of sp³-hybridized carbons (Fsp3) is 0.0833. The number of carbonyl (C=O) groups is 1. The molecule has 0 fully saturated rings. The number of rotatable bonds is 1. The molecule has 0 spiro atoms. The largest absolute Gasteiger partial charge is 0.477 e. The lowest BCUT2D eigenvalue weighted by Gasteiger charge is -2.16. The molecule has 2 nitrogen and oxygen atoms in total. The van der Waals surface area contributed by atoms with Crippen molar-refractivity contribution in [1.82, 2.24) is 0 Å². The summed E-state index contributed by atoms with van der Waals surface area (Å²) in [7, 11) is 0. The van der Waals surface area contributed by atoms with E-state index in [4.69, 9.17) is 16.7 Å². The number of halogens is 2. The number of fused-ring (bicyclic) bond motifs is 3. The Morgan fingerprint density at radius 1 is 1.44 bits per heavy atom. The van der Waals surface area contributed by atoms with E-state index in [0.717, 1.165) is 16.0 Å². The third-order valence-electron chi connectivity index (χ3n) is 2.69. The maximum Gasteiger partial charge on any atom is 0.345 e. The fourth-order valence-electron chi connectivity index (χ4n) is 1.87. The minimum absolute atomic E-state index is 0.0970. The van der Waals surface area contributed by atoms with E-state index in [1.54, 1.807) is 12.1 Å². The summed E-state index contributed by atoms with van der Waals surface area (Å²) < 4.78 is 13.9. The number of carboxylic acid groups (broad SMARTS) is 1. The van der Waals surface area contributed by atoms with Crippen molar-refractivity contribution >= 4 is 40.7 Å². The van der Waals surface area contributed by atoms with E-state index >= 15 is 0 Å². The van der Waals surface area contributed by atoms with Gasteiger partial charge in [0.15, 0.2) is 5.82 Å². The van der Waals surface area contributed by atoms with Crippen LogP contribution in [-0.2, 0) is 5.75 Å². The standard InChI is InChI=1S/C12H6ClFO2S2/c13-7-2-1-6-10-5(3-8(18-10)12(15)16)4-17-11(6)9(7)14/h1-3H,4H2,(H,15,16). The Hall–Kier alpha value is -1.04. The Balaban J connectivity index is 2.23. The van der Waals surface area contributed by atoms with E-state index in [1.807, 2.05) is 0 Å². The van der Waals surface area contributed by atoms with Crippen molar-refractivity contribution in [2.24, 2.45) is 0 Å². The smallest absolute Gasteiger partial charge is 0.345 e. The third-order valence-corrected chi connectivity index (χ3v) is 5.32. The zero-order valence-corrected chi connectivity index (χ0v) is 11.3. The van der Waals surface area contributed by atoms with Crippen molar-refractivity contribution in [1.29, 1.82) is 0 Å². The highest BCUT2D eigenvalue weighted by Gasteiger charge is 2.25. The quantitative estimate of drug-likeness (QED) is 0.842. The molecule has 2 heterocycles. The molecular formula is C12H6ClFO2S2. The molecule has 92 valence electrons. The van der Waals surface area contributed by atoms with Gasteiger partial charge in [0.2, 0.25) is 0 Å². The summed E-state index contributed by atoms with van der Waals surface area (Å²) in [5, 5.41) is 9.09. The first-order valence-corrected chi connectivity index (χ1v) is 7.23. The highest BCUT2D eigenvalue weighted by atomic mass is 35.5. The lowest BCUT2D eigenvalue weighted by atomic mass is 10.1. The third kappa shape index (κ3) is 1.74. The second kappa shape index (κ2) is 4.26. The zero-order valence-electron chi connectivity index (χ0n) is 8.87. The van der Waals surface area contributed by atoms with Gasteiger partial charge in [-0.05, 0) is 17.7 Å². The first-order valence-electron chi connectivity index (χ1n) is 5.05. The molecule has 1 aromatic heterocycles. The highest BCUT2D eigenvalue weighted by Crippen LogP contribution is 2.47. The van der Waals surface area contributed by atoms with Crippen LogP contribution in [0.15, 0.2) is 23.1 Å². The number of carboxylic acids is 1. The molecule has 2 aromatic rings. The molecule has 0 amide bonds. The van der Waals surface area contributed by atoms with Gasteiger partial charge in [0.25, 0.3) is 0 Å². The Bertz CT molecular complexity index is 666. The van der Waals surface area contributed by atoms with Crippen LogP contribution in [0.25, 0.3) is 10.4 Å². The molecule has 0 saturated carbocycles. The maximum absolute atomic E-state index is 13.9. The first kappa shape index (κ1) is 12.0. The molecule has 0 atom stereocenters. The van der Waals surface area contributed by atoms with Crippen LogP contribution in [0.5, 0.6) is 0 Å². The van der Waals surface area contributed by atoms with E-state index in [9.17, 15) is 9.18 Å². The second-order valence-electron chi connectivity index (χ2n) is 3.80. The molecule has 6 heteroatoms. The monoisotopic (exact) mass is 300 g/mol. The lowest BCUT2D eigenvalue weighted by molar-refractivity contribution is 0.0702. The van der Waals surface area contributed by atoms with E-state index in [2.05, 4.69) is 0 Å². The van der Waals surface area contributed by atoms with Crippen molar-refractivity contribution in [3.63, 3.8) is 0 Å². The number of thiophene rings is 1. The van der Waals surface area contributed by atoms with Crippen LogP contribution in [0.3, 0.4) is 0 Å². The van der Waals surface area contributed by atoms with Crippen LogP contribution >= 0.6 is 34.7 Å². The van der Waals surface area contributed by atoms with Gasteiger partial charge in [0.1, 0.15) is 4.88 Å². The average molecular weight is 301 g/mol. The molecule has 0 aliphatic carbocycles. The summed E-state index contributed by atoms with van der Waals surface area (Å²) in [4.78, 5) is 12.6. The van der Waals surface area contributed by atoms with Crippen molar-refractivity contribution < 1.29 is 14.3 Å². The molecule has 3 rings (SSSR count). The maximum atomic E-state index is 13.9. The normalized spacial score (nSPS) is 13.0. The van der Waals surface area contributed by atoms with Gasteiger partial charge in [-0.2, -0.15) is 0 Å². The summed E-state index contributed by atoms with van der Waals surface area (Å²) in [5.41, 5.74) is 1.68. The molecular weight excluding hydrogens is 295 g/mol. The second-order valence-corrected chi connectivity index (χ2v) is 6.24. The van der Waals surface area contributed by atoms with E-state index < -0.39 is 11.8 Å².